The van der Waals surface area contributed by atoms with Crippen LogP contribution >= 0.6 is 0 Å². The first kappa shape index (κ1) is 42.6. The maximum Gasteiger partial charge on any atom is 0.312 e. The van der Waals surface area contributed by atoms with E-state index in [0.717, 1.165) is 0 Å². The van der Waals surface area contributed by atoms with Crippen LogP contribution in [0.3, 0.4) is 0 Å². The number of ether oxygens (including phenoxy) is 4. The number of hydrogen-bond donors (Lipinski definition) is 6. The number of rotatable bonds is 4. The number of esters is 1. The van der Waals surface area contributed by atoms with Gasteiger partial charge in [0.1, 0.15) is 23.4 Å². The number of Topliss-reactive ketones (excluding diaryl/α,β-unsaturated/α-hetero) is 1. The predicted octanol–water partition coefficient (Wildman–Crippen LogP) is 4.65. The summed E-state index contributed by atoms with van der Waals surface area (Å²) in [6, 6.07) is 0. The van der Waals surface area contributed by atoms with Gasteiger partial charge in [0.25, 0.3) is 11.7 Å². The van der Waals surface area contributed by atoms with Crippen molar-refractivity contribution in [2.24, 2.45) is 28.8 Å². The molecule has 0 saturated heterocycles. The number of anilines is 1. The summed E-state index contributed by atoms with van der Waals surface area (Å²) in [5.74, 6) is -8.43. The number of carbonyl (C=O) groups excluding carboxylic acids is 3. The van der Waals surface area contributed by atoms with E-state index in [0.29, 0.717) is 0 Å². The number of phenolic OH excluding ortho intramolecular Hbond substituents is 3. The molecule has 3 aliphatic rings. The average Bonchev–Trinajstić information content (AvgIpc) is 3.39. The third kappa shape index (κ3) is 8.28. The van der Waals surface area contributed by atoms with E-state index in [-0.39, 0.29) is 44.5 Å². The van der Waals surface area contributed by atoms with E-state index in [9.17, 15) is 39.9 Å². The SMILES string of the molecule is CO[C@H]1/C=C/O[C@@]2(C)Oc3c(C)c(O)c4c(O)c(c(/C=N\N(C)C)c(O)c4c3C2=O)NC(=O)/C(C)=C\C=C\[C@H](C)[C@H](O)[C@@H](C)[C@@H](O)[C@@H](C)[C@H](OC(C)=O)[C@@H]1C. The van der Waals surface area contributed by atoms with E-state index >= 15 is 0 Å². The van der Waals surface area contributed by atoms with Crippen LogP contribution in [-0.2, 0) is 23.8 Å². The predicted molar refractivity (Wildman–Crippen MR) is 205 cm³/mol. The summed E-state index contributed by atoms with van der Waals surface area (Å²) in [6.07, 6.45) is 4.69. The molecule has 0 radical (unpaired) electrons. The third-order valence-electron chi connectivity index (χ3n) is 10.5. The smallest absolute Gasteiger partial charge is 0.312 e. The van der Waals surface area contributed by atoms with E-state index < -0.39 is 88.8 Å². The van der Waals surface area contributed by atoms with Crippen molar-refractivity contribution in [3.63, 3.8) is 0 Å². The topological polar surface area (TPSA) is 217 Å². The Hall–Kier alpha value is -5.12. The van der Waals surface area contributed by atoms with E-state index in [1.807, 2.05) is 0 Å². The maximum atomic E-state index is 14.3. The van der Waals surface area contributed by atoms with Crippen molar-refractivity contribution in [1.82, 2.24) is 5.01 Å². The highest BCUT2D eigenvalue weighted by Gasteiger charge is 2.50. The number of nitrogens with one attached hydrogen (secondary N) is 1. The Labute approximate surface area is 320 Å². The molecule has 3 heterocycles. The first-order valence-electron chi connectivity index (χ1n) is 18.0. The molecule has 15 heteroatoms. The second-order valence-electron chi connectivity index (χ2n) is 14.7. The summed E-state index contributed by atoms with van der Waals surface area (Å²) in [5.41, 5.74) is -0.445. The molecule has 0 unspecified atom stereocenters. The lowest BCUT2D eigenvalue weighted by atomic mass is 9.78. The van der Waals surface area contributed by atoms with Crippen molar-refractivity contribution in [1.29, 1.82) is 0 Å². The number of carbonyl (C=O) groups is 3. The highest BCUT2D eigenvalue weighted by Crippen LogP contribution is 2.55. The molecule has 2 aromatic rings. The van der Waals surface area contributed by atoms with Gasteiger partial charge in [0.05, 0.1) is 53.0 Å². The molecular weight excluding hydrogens is 714 g/mol. The molecule has 6 N–H and O–H groups in total. The number of hydrazone groups is 1. The Bertz CT molecular complexity index is 1950. The van der Waals surface area contributed by atoms with Crippen LogP contribution in [0.15, 0.2) is 41.2 Å². The lowest BCUT2D eigenvalue weighted by molar-refractivity contribution is -0.160. The minimum atomic E-state index is -2.04. The van der Waals surface area contributed by atoms with Gasteiger partial charge in [-0.05, 0) is 19.9 Å². The zero-order chi connectivity index (χ0) is 41.3. The molecule has 15 nitrogen and oxygen atoms in total. The molecular formula is C40H53N3O12. The zero-order valence-corrected chi connectivity index (χ0v) is 33.1. The number of aromatic hydroxyl groups is 3. The number of nitrogens with zero attached hydrogens (tertiary/aromatic N) is 2. The van der Waals surface area contributed by atoms with Gasteiger partial charge in [-0.25, -0.2) is 0 Å². The van der Waals surface area contributed by atoms with Crippen molar-refractivity contribution < 1.29 is 58.9 Å². The Morgan fingerprint density at radius 3 is 2.22 bits per heavy atom. The van der Waals surface area contributed by atoms with Crippen LogP contribution < -0.4 is 10.1 Å². The number of methoxy groups -OCH3 is 1. The first-order chi connectivity index (χ1) is 25.7. The van der Waals surface area contributed by atoms with Crippen LogP contribution in [0.4, 0.5) is 5.69 Å². The molecule has 5 bridgehead atoms. The summed E-state index contributed by atoms with van der Waals surface area (Å²) < 4.78 is 23.4. The number of aliphatic hydroxyl groups is 2. The first-order valence-corrected chi connectivity index (χ1v) is 18.0. The van der Waals surface area contributed by atoms with Crippen LogP contribution in [0, 0.1) is 30.6 Å². The highest BCUT2D eigenvalue weighted by molar-refractivity contribution is 6.23. The summed E-state index contributed by atoms with van der Waals surface area (Å²) in [6.45, 7) is 12.4. The van der Waals surface area contributed by atoms with Gasteiger partial charge in [-0.15, -0.1) is 0 Å². The fourth-order valence-electron chi connectivity index (χ4n) is 7.05. The second-order valence-corrected chi connectivity index (χ2v) is 14.7. The highest BCUT2D eigenvalue weighted by atomic mass is 16.7. The number of aliphatic hydroxyl groups excluding tert-OH is 2. The number of hydrogen-bond acceptors (Lipinski definition) is 14. The fraction of sp³-hybridized carbons (Fsp3) is 0.500. The van der Waals surface area contributed by atoms with Gasteiger partial charge in [-0.3, -0.25) is 14.4 Å². The van der Waals surface area contributed by atoms with E-state index in [1.165, 1.54) is 64.4 Å². The molecule has 9 atom stereocenters. The number of phenols is 3. The Morgan fingerprint density at radius 2 is 1.62 bits per heavy atom. The van der Waals surface area contributed by atoms with Crippen LogP contribution in [0.2, 0.25) is 0 Å². The molecule has 55 heavy (non-hydrogen) atoms. The molecule has 0 aliphatic carbocycles. The van der Waals surface area contributed by atoms with E-state index in [1.54, 1.807) is 53.9 Å². The minimum Gasteiger partial charge on any atom is -0.507 e. The molecule has 1 amide bonds. The molecule has 300 valence electrons. The van der Waals surface area contributed by atoms with E-state index in [2.05, 4.69) is 10.4 Å². The maximum absolute atomic E-state index is 14.3. The van der Waals surface area contributed by atoms with Crippen molar-refractivity contribution >= 4 is 40.3 Å². The molecule has 2 aromatic carbocycles. The van der Waals surface area contributed by atoms with E-state index in [4.69, 9.17) is 18.9 Å². The van der Waals surface area contributed by atoms with Crippen LogP contribution in [0.1, 0.15) is 70.0 Å². The lowest BCUT2D eigenvalue weighted by Gasteiger charge is -2.38. The quantitative estimate of drug-likeness (QED) is 0.0822. The van der Waals surface area contributed by atoms with Crippen molar-refractivity contribution in [3.05, 3.63) is 52.8 Å². The monoisotopic (exact) mass is 767 g/mol. The molecule has 0 spiro atoms. The fourth-order valence-corrected chi connectivity index (χ4v) is 7.05. The van der Waals surface area contributed by atoms with Crippen LogP contribution in [-0.4, -0.2) is 106 Å². The molecule has 0 saturated carbocycles. The van der Waals surface area contributed by atoms with Crippen LogP contribution in [0.25, 0.3) is 10.8 Å². The largest absolute Gasteiger partial charge is 0.507 e. The summed E-state index contributed by atoms with van der Waals surface area (Å²) in [4.78, 5) is 40.1. The van der Waals surface area contributed by atoms with Gasteiger partial charge >= 0.3 is 11.8 Å². The summed E-state index contributed by atoms with van der Waals surface area (Å²) in [7, 11) is 4.65. The van der Waals surface area contributed by atoms with Gasteiger partial charge in [-0.2, -0.15) is 5.10 Å². The van der Waals surface area contributed by atoms with Crippen molar-refractivity contribution in [3.8, 4) is 23.0 Å². The third-order valence-corrected chi connectivity index (χ3v) is 10.5. The number of benzene rings is 2. The van der Waals surface area contributed by atoms with Gasteiger partial charge in [0.2, 0.25) is 0 Å². The second kappa shape index (κ2) is 16.7. The Balaban J connectivity index is 1.97. The number of amides is 1. The molecule has 5 rings (SSSR count). The number of allylic oxidation sites excluding steroid dienone is 2. The van der Waals surface area contributed by atoms with Crippen molar-refractivity contribution in [2.75, 3.05) is 26.5 Å². The Kier molecular flexibility index (Phi) is 13.0. The van der Waals surface area contributed by atoms with Crippen LogP contribution in [0.5, 0.6) is 23.0 Å². The van der Waals surface area contributed by atoms with Gasteiger partial charge in [0.15, 0.2) is 5.75 Å². The zero-order valence-electron chi connectivity index (χ0n) is 33.1. The van der Waals surface area contributed by atoms with Gasteiger partial charge < -0.3 is 54.8 Å². The number of ketones is 1. The standard InChI is InChI=1S/C40H53N3O12/c1-18-13-12-14-19(2)39(51)42-30-25(17-41-43(9)10)34(48)27-28(35(30)49)33(47)23(6)37-29(27)38(50)40(8,55-37)53-16-15-26(52-11)20(3)36(54-24(7)44)22(5)32(46)21(4)31(18)45/h12-18,20-22,26,31-32,36,45-49H,1-11H3,(H,42,51)/b13-12+,16-15+,19-14-,41-17-/t18-,20+,21+,22+,26-,31-,32+,36+,40-/m0/s1. The molecule has 0 aromatic heterocycles. The minimum absolute atomic E-state index is 0.0475. The Morgan fingerprint density at radius 1 is 0.964 bits per heavy atom. The molecule has 3 aliphatic heterocycles. The lowest BCUT2D eigenvalue weighted by Crippen LogP contribution is -2.46. The normalized spacial score (nSPS) is 31.4. The van der Waals surface area contributed by atoms with Gasteiger partial charge in [0, 0.05) is 75.2 Å². The van der Waals surface area contributed by atoms with Gasteiger partial charge in [-0.1, -0.05) is 45.9 Å². The summed E-state index contributed by atoms with van der Waals surface area (Å²) in [5, 5.41) is 65.3. The number of fused-ring (bicyclic) bond motifs is 14. The van der Waals surface area contributed by atoms with Crippen molar-refractivity contribution in [2.45, 2.75) is 85.6 Å². The molecule has 0 fully saturated rings. The summed E-state index contributed by atoms with van der Waals surface area (Å²) >= 11 is 0. The average molecular weight is 768 g/mol.